The van der Waals surface area contributed by atoms with Gasteiger partial charge in [-0.1, -0.05) is 29.8 Å². The summed E-state index contributed by atoms with van der Waals surface area (Å²) in [5, 5.41) is 15.3. The highest BCUT2D eigenvalue weighted by molar-refractivity contribution is 6.01. The number of rotatable bonds is 6. The van der Waals surface area contributed by atoms with Crippen molar-refractivity contribution in [3.05, 3.63) is 78.1 Å². The molecule has 4 aromatic rings. The number of aromatic nitrogens is 7. The van der Waals surface area contributed by atoms with Crippen LogP contribution in [0, 0.1) is 6.92 Å². The molecule has 0 spiro atoms. The summed E-state index contributed by atoms with van der Waals surface area (Å²) in [6, 6.07) is 11.7. The van der Waals surface area contributed by atoms with Crippen molar-refractivity contribution in [2.24, 2.45) is 0 Å². The molecule has 9 nitrogen and oxygen atoms in total. The first-order chi connectivity index (χ1) is 13.2. The molecule has 0 bridgehead atoms. The van der Waals surface area contributed by atoms with Crippen LogP contribution in [0.4, 0.5) is 5.95 Å². The Morgan fingerprint density at radius 1 is 1.04 bits per heavy atom. The second-order valence-corrected chi connectivity index (χ2v) is 6.13. The van der Waals surface area contributed by atoms with Crippen LogP contribution in [-0.4, -0.2) is 40.2 Å². The molecule has 1 N–H and O–H groups in total. The van der Waals surface area contributed by atoms with Gasteiger partial charge in [-0.15, -0.1) is 5.10 Å². The van der Waals surface area contributed by atoms with Gasteiger partial charge in [0.05, 0.1) is 6.54 Å². The summed E-state index contributed by atoms with van der Waals surface area (Å²) >= 11 is 0. The molecule has 0 fully saturated rings. The number of nitrogens with zero attached hydrogens (tertiary/aromatic N) is 7. The number of amides is 1. The average molecular weight is 362 g/mol. The molecular formula is C18H18N8O. The zero-order valence-electron chi connectivity index (χ0n) is 14.7. The van der Waals surface area contributed by atoms with Crippen molar-refractivity contribution in [3.8, 4) is 0 Å². The number of aryl methyl sites for hydroxylation is 1. The topological polar surface area (TPSA) is 95.5 Å². The number of nitrogens with one attached hydrogen (secondary N) is 1. The fourth-order valence-corrected chi connectivity index (χ4v) is 2.57. The molecule has 136 valence electrons. The Hall–Kier alpha value is -3.75. The Balaban J connectivity index is 1.38. The molecule has 0 aliphatic carbocycles. The van der Waals surface area contributed by atoms with Crippen molar-refractivity contribution in [2.75, 3.05) is 5.32 Å². The molecule has 0 aliphatic heterocycles. The van der Waals surface area contributed by atoms with E-state index >= 15 is 0 Å². The molecule has 4 rings (SSSR count). The molecular weight excluding hydrogens is 344 g/mol. The van der Waals surface area contributed by atoms with Crippen molar-refractivity contribution in [1.82, 2.24) is 34.3 Å². The minimum Gasteiger partial charge on any atom is -0.288 e. The van der Waals surface area contributed by atoms with E-state index in [1.165, 1.54) is 5.56 Å². The van der Waals surface area contributed by atoms with E-state index < -0.39 is 0 Å². The number of anilines is 1. The monoisotopic (exact) mass is 362 g/mol. The molecule has 27 heavy (non-hydrogen) atoms. The lowest BCUT2D eigenvalue weighted by Crippen LogP contribution is -2.16. The standard InChI is InChI=1S/C18H18N8O/c1-14-3-5-15(6-4-14)11-26-12-19-18(23-26)21-17(27)16-7-10-25(22-16)13-24-9-2-8-20-24/h2-10,12H,11,13H2,1H3,(H,21,23,27). The van der Waals surface area contributed by atoms with Crippen LogP contribution in [0.1, 0.15) is 21.6 Å². The summed E-state index contributed by atoms with van der Waals surface area (Å²) in [6.07, 6.45) is 6.83. The van der Waals surface area contributed by atoms with E-state index in [1.54, 1.807) is 38.8 Å². The van der Waals surface area contributed by atoms with Gasteiger partial charge >= 0.3 is 0 Å². The van der Waals surface area contributed by atoms with Crippen molar-refractivity contribution in [1.29, 1.82) is 0 Å². The van der Waals surface area contributed by atoms with E-state index in [9.17, 15) is 4.79 Å². The highest BCUT2D eigenvalue weighted by atomic mass is 16.2. The van der Waals surface area contributed by atoms with Gasteiger partial charge in [0.2, 0.25) is 5.95 Å². The van der Waals surface area contributed by atoms with Gasteiger partial charge in [-0.2, -0.15) is 10.2 Å². The minimum atomic E-state index is -0.359. The molecule has 0 saturated heterocycles. The van der Waals surface area contributed by atoms with Crippen molar-refractivity contribution in [2.45, 2.75) is 20.1 Å². The molecule has 9 heteroatoms. The first kappa shape index (κ1) is 16.7. The lowest BCUT2D eigenvalue weighted by atomic mass is 10.1. The quantitative estimate of drug-likeness (QED) is 0.564. The van der Waals surface area contributed by atoms with Crippen LogP contribution < -0.4 is 5.32 Å². The van der Waals surface area contributed by atoms with E-state index in [0.717, 1.165) is 5.56 Å². The summed E-state index contributed by atoms with van der Waals surface area (Å²) in [4.78, 5) is 16.5. The summed E-state index contributed by atoms with van der Waals surface area (Å²) < 4.78 is 5.02. The van der Waals surface area contributed by atoms with Gasteiger partial charge in [0.1, 0.15) is 13.0 Å². The first-order valence-electron chi connectivity index (χ1n) is 8.43. The zero-order valence-corrected chi connectivity index (χ0v) is 14.7. The number of hydrogen-bond donors (Lipinski definition) is 1. The molecule has 0 aliphatic rings. The molecule has 0 unspecified atom stereocenters. The lowest BCUT2D eigenvalue weighted by molar-refractivity contribution is 0.102. The normalized spacial score (nSPS) is 10.9. The van der Waals surface area contributed by atoms with Gasteiger partial charge in [-0.25, -0.2) is 9.67 Å². The summed E-state index contributed by atoms with van der Waals surface area (Å²) in [6.45, 7) is 3.06. The van der Waals surface area contributed by atoms with Crippen LogP contribution >= 0.6 is 0 Å². The summed E-state index contributed by atoms with van der Waals surface area (Å²) in [5.74, 6) is -0.115. The van der Waals surface area contributed by atoms with Crippen molar-refractivity contribution < 1.29 is 4.79 Å². The summed E-state index contributed by atoms with van der Waals surface area (Å²) in [7, 11) is 0. The van der Waals surface area contributed by atoms with Gasteiger partial charge in [-0.3, -0.25) is 19.5 Å². The highest BCUT2D eigenvalue weighted by Gasteiger charge is 2.12. The number of benzene rings is 1. The second-order valence-electron chi connectivity index (χ2n) is 6.13. The van der Waals surface area contributed by atoms with Gasteiger partial charge < -0.3 is 0 Å². The van der Waals surface area contributed by atoms with Gasteiger partial charge in [0.25, 0.3) is 5.91 Å². The van der Waals surface area contributed by atoms with Crippen LogP contribution in [0.3, 0.4) is 0 Å². The Kier molecular flexibility index (Phi) is 4.48. The summed E-state index contributed by atoms with van der Waals surface area (Å²) in [5.41, 5.74) is 2.61. The molecule has 3 aromatic heterocycles. The molecule has 1 amide bonds. The Morgan fingerprint density at radius 3 is 2.67 bits per heavy atom. The first-order valence-corrected chi connectivity index (χ1v) is 8.43. The van der Waals surface area contributed by atoms with E-state index in [-0.39, 0.29) is 17.5 Å². The third kappa shape index (κ3) is 4.09. The predicted molar refractivity (Wildman–Crippen MR) is 98.1 cm³/mol. The number of carbonyl (C=O) groups is 1. The second kappa shape index (κ2) is 7.24. The van der Waals surface area contributed by atoms with Gasteiger partial charge in [0.15, 0.2) is 5.69 Å². The molecule has 0 atom stereocenters. The number of carbonyl (C=O) groups excluding carboxylic acids is 1. The maximum Gasteiger partial charge on any atom is 0.278 e. The van der Waals surface area contributed by atoms with E-state index in [4.69, 9.17) is 0 Å². The van der Waals surface area contributed by atoms with Crippen molar-refractivity contribution >= 4 is 11.9 Å². The Bertz CT molecular complexity index is 1030. The number of hydrogen-bond acceptors (Lipinski definition) is 5. The van der Waals surface area contributed by atoms with Crippen LogP contribution in [0.25, 0.3) is 0 Å². The SMILES string of the molecule is Cc1ccc(Cn2cnc(NC(=O)c3ccn(Cn4cccn4)n3)n2)cc1. The Labute approximate surface area is 155 Å². The van der Waals surface area contributed by atoms with E-state index in [2.05, 4.69) is 37.7 Å². The Morgan fingerprint density at radius 2 is 1.89 bits per heavy atom. The van der Waals surface area contributed by atoms with Crippen LogP contribution in [0.15, 0.2) is 61.3 Å². The van der Waals surface area contributed by atoms with Gasteiger partial charge in [0, 0.05) is 18.6 Å². The van der Waals surface area contributed by atoms with E-state index in [1.807, 2.05) is 31.3 Å². The fourth-order valence-electron chi connectivity index (χ4n) is 2.57. The highest BCUT2D eigenvalue weighted by Crippen LogP contribution is 2.07. The average Bonchev–Trinajstić information content (AvgIpc) is 3.40. The third-order valence-corrected chi connectivity index (χ3v) is 3.95. The van der Waals surface area contributed by atoms with Gasteiger partial charge in [-0.05, 0) is 24.6 Å². The van der Waals surface area contributed by atoms with Crippen molar-refractivity contribution in [3.63, 3.8) is 0 Å². The molecule has 0 saturated carbocycles. The predicted octanol–water partition coefficient (Wildman–Crippen LogP) is 1.79. The fraction of sp³-hybridized carbons (Fsp3) is 0.167. The molecule has 0 radical (unpaired) electrons. The maximum atomic E-state index is 12.3. The van der Waals surface area contributed by atoms with Crippen LogP contribution in [-0.2, 0) is 13.2 Å². The molecule has 3 heterocycles. The van der Waals surface area contributed by atoms with Crippen LogP contribution in [0.2, 0.25) is 0 Å². The zero-order chi connectivity index (χ0) is 18.6. The lowest BCUT2D eigenvalue weighted by Gasteiger charge is -2.02. The smallest absolute Gasteiger partial charge is 0.278 e. The largest absolute Gasteiger partial charge is 0.288 e. The maximum absolute atomic E-state index is 12.3. The molecule has 1 aromatic carbocycles. The van der Waals surface area contributed by atoms with Crippen LogP contribution in [0.5, 0.6) is 0 Å². The minimum absolute atomic E-state index is 0.244. The third-order valence-electron chi connectivity index (χ3n) is 3.95. The van der Waals surface area contributed by atoms with E-state index in [0.29, 0.717) is 13.2 Å².